The number of hydrogen-bond donors (Lipinski definition) is 1. The van der Waals surface area contributed by atoms with E-state index in [1.165, 1.54) is 21.6 Å². The number of carbonyl (C=O) groups is 6. The van der Waals surface area contributed by atoms with Gasteiger partial charge in [0.1, 0.15) is 0 Å². The Labute approximate surface area is 190 Å². The molecule has 13 nitrogen and oxygen atoms in total. The van der Waals surface area contributed by atoms with E-state index in [-0.39, 0.29) is 30.7 Å². The first kappa shape index (κ1) is 26.1. The van der Waals surface area contributed by atoms with Gasteiger partial charge in [0, 0.05) is 37.2 Å². The number of amides is 4. The third kappa shape index (κ3) is 7.46. The summed E-state index contributed by atoms with van der Waals surface area (Å²) in [5.74, 6) is -3.92. The smallest absolute Gasteiger partial charge is 0.330 e. The molecule has 2 heterocycles. The molecule has 16 heteroatoms. The second-order valence-electron chi connectivity index (χ2n) is 6.59. The number of hydrogen-bond acceptors (Lipinski definition) is 12. The molecule has 2 saturated heterocycles. The topological polar surface area (TPSA) is 182 Å². The normalized spacial score (nSPS) is 19.1. The van der Waals surface area contributed by atoms with Crippen molar-refractivity contribution in [3.05, 3.63) is 0 Å². The predicted molar refractivity (Wildman–Crippen MR) is 108 cm³/mol. The third-order valence-corrected chi connectivity index (χ3v) is 7.78. The van der Waals surface area contributed by atoms with Gasteiger partial charge in [0.05, 0.1) is 6.42 Å². The van der Waals surface area contributed by atoms with E-state index in [1.54, 1.807) is 0 Å². The van der Waals surface area contributed by atoms with Crippen LogP contribution in [-0.2, 0) is 48.6 Å². The molecule has 178 valence electrons. The zero-order chi connectivity index (χ0) is 23.9. The molecule has 0 aliphatic carbocycles. The number of hydroxylamine groups is 4. The second kappa shape index (κ2) is 11.6. The highest BCUT2D eigenvalue weighted by molar-refractivity contribution is 8.76. The van der Waals surface area contributed by atoms with Gasteiger partial charge >= 0.3 is 11.9 Å². The van der Waals surface area contributed by atoms with Gasteiger partial charge in [0.2, 0.25) is 0 Å². The molecule has 1 atom stereocenters. The lowest BCUT2D eigenvalue weighted by atomic mass is 10.3. The summed E-state index contributed by atoms with van der Waals surface area (Å²) in [7, 11) is -1.94. The largest absolute Gasteiger partial charge is 0.333 e. The van der Waals surface area contributed by atoms with Crippen LogP contribution in [0, 0.1) is 0 Å². The Balaban J connectivity index is 1.53. The minimum absolute atomic E-state index is 0.0272. The predicted octanol–water partition coefficient (Wildman–Crippen LogP) is 0.00890. The molecule has 2 aliphatic rings. The average molecular weight is 513 g/mol. The molecule has 0 aromatic heterocycles. The molecule has 0 bridgehead atoms. The maximum atomic E-state index is 11.8. The van der Waals surface area contributed by atoms with Gasteiger partial charge in [0.25, 0.3) is 33.7 Å². The van der Waals surface area contributed by atoms with Crippen LogP contribution in [0.25, 0.3) is 0 Å². The highest BCUT2D eigenvalue weighted by Crippen LogP contribution is 2.25. The van der Waals surface area contributed by atoms with E-state index in [0.29, 0.717) is 29.4 Å². The molecular weight excluding hydrogens is 492 g/mol. The fourth-order valence-corrected chi connectivity index (χ4v) is 5.41. The Morgan fingerprint density at radius 3 is 1.78 bits per heavy atom. The first-order chi connectivity index (χ1) is 15.0. The molecule has 2 aliphatic heterocycles. The SMILES string of the molecule is O=C(CCCSSCCCC(=O)ON1C(=O)CC(S(=O)(=O)O)C1=O)ON1C(=O)CCC1=O. The van der Waals surface area contributed by atoms with Crippen molar-refractivity contribution < 1.29 is 51.4 Å². The van der Waals surface area contributed by atoms with E-state index in [9.17, 15) is 37.2 Å². The molecule has 2 rings (SSSR count). The van der Waals surface area contributed by atoms with Crippen molar-refractivity contribution >= 4 is 67.3 Å². The minimum Gasteiger partial charge on any atom is -0.330 e. The highest BCUT2D eigenvalue weighted by Gasteiger charge is 2.48. The Morgan fingerprint density at radius 1 is 0.875 bits per heavy atom. The van der Waals surface area contributed by atoms with Crippen molar-refractivity contribution in [2.24, 2.45) is 0 Å². The Kier molecular flexibility index (Phi) is 9.47. The summed E-state index contributed by atoms with van der Waals surface area (Å²) >= 11 is 0. The summed E-state index contributed by atoms with van der Waals surface area (Å²) in [4.78, 5) is 78.8. The molecule has 0 aromatic rings. The first-order valence-electron chi connectivity index (χ1n) is 9.35. The summed E-state index contributed by atoms with van der Waals surface area (Å²) < 4.78 is 31.0. The van der Waals surface area contributed by atoms with E-state index in [0.717, 1.165) is 0 Å². The number of rotatable bonds is 12. The molecule has 4 amide bonds. The fourth-order valence-electron chi connectivity index (χ4n) is 2.53. The van der Waals surface area contributed by atoms with Gasteiger partial charge in [-0.05, 0) is 12.8 Å². The Morgan fingerprint density at radius 2 is 1.34 bits per heavy atom. The van der Waals surface area contributed by atoms with Crippen molar-refractivity contribution in [3.63, 3.8) is 0 Å². The highest BCUT2D eigenvalue weighted by atomic mass is 33.1. The van der Waals surface area contributed by atoms with Crippen LogP contribution < -0.4 is 0 Å². The zero-order valence-corrected chi connectivity index (χ0v) is 19.0. The number of nitrogens with zero attached hydrogens (tertiary/aromatic N) is 2. The molecule has 1 unspecified atom stereocenters. The number of imide groups is 2. The summed E-state index contributed by atoms with van der Waals surface area (Å²) in [5.41, 5.74) is 0. The van der Waals surface area contributed by atoms with Crippen molar-refractivity contribution in [1.29, 1.82) is 0 Å². The molecule has 1 N–H and O–H groups in total. The minimum atomic E-state index is -4.77. The van der Waals surface area contributed by atoms with Crippen molar-refractivity contribution in [1.82, 2.24) is 10.1 Å². The van der Waals surface area contributed by atoms with Crippen LogP contribution in [0.2, 0.25) is 0 Å². The second-order valence-corrected chi connectivity index (χ2v) is 10.9. The van der Waals surface area contributed by atoms with Crippen LogP contribution in [0.4, 0.5) is 0 Å². The molecular formula is C16H20N2O11S3. The van der Waals surface area contributed by atoms with Crippen molar-refractivity contribution in [3.8, 4) is 0 Å². The maximum Gasteiger partial charge on any atom is 0.333 e. The molecule has 2 fully saturated rings. The van der Waals surface area contributed by atoms with Gasteiger partial charge in [-0.3, -0.25) is 23.7 Å². The first-order valence-corrected chi connectivity index (χ1v) is 13.3. The van der Waals surface area contributed by atoms with Crippen LogP contribution in [0.5, 0.6) is 0 Å². The van der Waals surface area contributed by atoms with Gasteiger partial charge in [-0.15, -0.1) is 10.1 Å². The molecule has 0 aromatic carbocycles. The van der Waals surface area contributed by atoms with Crippen LogP contribution in [0.3, 0.4) is 0 Å². The number of carbonyl (C=O) groups excluding carboxylic acids is 6. The lowest BCUT2D eigenvalue weighted by Gasteiger charge is -2.13. The van der Waals surface area contributed by atoms with Crippen molar-refractivity contribution in [2.75, 3.05) is 11.5 Å². The van der Waals surface area contributed by atoms with E-state index < -0.39 is 57.4 Å². The molecule has 0 spiro atoms. The van der Waals surface area contributed by atoms with Crippen LogP contribution in [-0.4, -0.2) is 75.4 Å². The van der Waals surface area contributed by atoms with Gasteiger partial charge in [-0.1, -0.05) is 21.6 Å². The van der Waals surface area contributed by atoms with Gasteiger partial charge in [-0.25, -0.2) is 9.59 Å². The summed E-state index contributed by atoms with van der Waals surface area (Å²) in [5, 5.41) is -1.41. The van der Waals surface area contributed by atoms with Gasteiger partial charge in [-0.2, -0.15) is 8.42 Å². The summed E-state index contributed by atoms with van der Waals surface area (Å²) in [6.45, 7) is 0. The van der Waals surface area contributed by atoms with Crippen LogP contribution in [0.15, 0.2) is 0 Å². The quantitative estimate of drug-likeness (QED) is 0.160. The standard InChI is InChI=1S/C16H20N2O11S3/c19-11-5-6-12(20)17(11)28-14(22)3-1-7-30-31-8-2-4-15(23)29-18-13(21)9-10(16(18)24)32(25,26)27/h10H,1-9H2,(H,25,26,27). The average Bonchev–Trinajstić information content (AvgIpc) is 3.17. The van der Waals surface area contributed by atoms with Crippen LogP contribution in [0.1, 0.15) is 44.9 Å². The molecule has 0 saturated carbocycles. The Bertz CT molecular complexity index is 889. The van der Waals surface area contributed by atoms with Gasteiger partial charge in [0.15, 0.2) is 5.25 Å². The van der Waals surface area contributed by atoms with Crippen molar-refractivity contribution in [2.45, 2.75) is 50.2 Å². The summed E-state index contributed by atoms with van der Waals surface area (Å²) in [6.07, 6.45) is -0.0529. The fraction of sp³-hybridized carbons (Fsp3) is 0.625. The summed E-state index contributed by atoms with van der Waals surface area (Å²) in [6, 6.07) is 0. The van der Waals surface area contributed by atoms with E-state index in [1.807, 2.05) is 0 Å². The van der Waals surface area contributed by atoms with E-state index in [2.05, 4.69) is 4.84 Å². The monoisotopic (exact) mass is 512 g/mol. The van der Waals surface area contributed by atoms with Gasteiger partial charge < -0.3 is 9.68 Å². The van der Waals surface area contributed by atoms with Crippen LogP contribution >= 0.6 is 21.6 Å². The lowest BCUT2D eigenvalue weighted by Crippen LogP contribution is -2.36. The lowest BCUT2D eigenvalue weighted by molar-refractivity contribution is -0.197. The molecule has 32 heavy (non-hydrogen) atoms. The maximum absolute atomic E-state index is 11.8. The van der Waals surface area contributed by atoms with E-state index >= 15 is 0 Å². The zero-order valence-electron chi connectivity index (χ0n) is 16.6. The third-order valence-electron chi connectivity index (χ3n) is 4.11. The Hall–Kier alpha value is -2.17. The van der Waals surface area contributed by atoms with E-state index in [4.69, 9.17) is 9.39 Å². The molecule has 0 radical (unpaired) electrons.